The number of pyridine rings is 1. The summed E-state index contributed by atoms with van der Waals surface area (Å²) in [7, 11) is 0. The van der Waals surface area contributed by atoms with E-state index in [1.807, 2.05) is 0 Å². The molecule has 0 bridgehead atoms. The van der Waals surface area contributed by atoms with Crippen LogP contribution in [0.4, 0.5) is 13.2 Å². The summed E-state index contributed by atoms with van der Waals surface area (Å²) in [6.07, 6.45) is -2.86. The summed E-state index contributed by atoms with van der Waals surface area (Å²) in [5.74, 6) is 0. The van der Waals surface area contributed by atoms with Crippen molar-refractivity contribution in [1.82, 2.24) is 4.98 Å². The summed E-state index contributed by atoms with van der Waals surface area (Å²) in [6, 6.07) is 3.14. The number of nitrogens with zero attached hydrogens (tertiary/aromatic N) is 1. The molecule has 6 heteroatoms. The molecule has 1 rings (SSSR count). The molecule has 0 fully saturated rings. The Balaban J connectivity index is 2.43. The van der Waals surface area contributed by atoms with Gasteiger partial charge in [0, 0.05) is 11.8 Å². The molecule has 14 heavy (non-hydrogen) atoms. The molecule has 0 saturated heterocycles. The summed E-state index contributed by atoms with van der Waals surface area (Å²) in [5.41, 5.74) is 0.443. The topological polar surface area (TPSA) is 22.1 Å². The van der Waals surface area contributed by atoms with Gasteiger partial charge in [0.2, 0.25) is 0 Å². The summed E-state index contributed by atoms with van der Waals surface area (Å²) >= 11 is 5.60. The lowest BCUT2D eigenvalue weighted by Gasteiger charge is -2.07. The second-order valence-electron chi connectivity index (χ2n) is 2.56. The Morgan fingerprint density at radius 1 is 1.43 bits per heavy atom. The molecule has 0 unspecified atom stereocenters. The minimum atomic E-state index is -4.31. The Kier molecular flexibility index (Phi) is 3.71. The van der Waals surface area contributed by atoms with Crippen LogP contribution in [0, 0.1) is 0 Å². The maximum atomic E-state index is 11.7. The van der Waals surface area contributed by atoms with Crippen molar-refractivity contribution in [2.75, 3.05) is 6.61 Å². The highest BCUT2D eigenvalue weighted by Gasteiger charge is 2.27. The third-order valence-corrected chi connectivity index (χ3v) is 1.70. The second kappa shape index (κ2) is 4.61. The monoisotopic (exact) mass is 225 g/mol. The lowest BCUT2D eigenvalue weighted by atomic mass is 10.3. The number of aromatic nitrogens is 1. The quantitative estimate of drug-likeness (QED) is 0.738. The van der Waals surface area contributed by atoms with E-state index in [0.29, 0.717) is 5.56 Å². The van der Waals surface area contributed by atoms with Gasteiger partial charge in [-0.15, -0.1) is 0 Å². The lowest BCUT2D eigenvalue weighted by molar-refractivity contribution is -0.176. The minimum Gasteiger partial charge on any atom is -0.367 e. The van der Waals surface area contributed by atoms with E-state index in [1.165, 1.54) is 6.20 Å². The van der Waals surface area contributed by atoms with Crippen LogP contribution in [0.2, 0.25) is 5.15 Å². The standard InChI is InChI=1S/C8H7ClF3NO/c9-7-6(2-1-3-13-7)4-14-5-8(10,11)12/h1-3H,4-5H2. The van der Waals surface area contributed by atoms with E-state index < -0.39 is 12.8 Å². The van der Waals surface area contributed by atoms with Gasteiger partial charge in [-0.1, -0.05) is 17.7 Å². The van der Waals surface area contributed by atoms with Gasteiger partial charge < -0.3 is 4.74 Å². The fraction of sp³-hybridized carbons (Fsp3) is 0.375. The third kappa shape index (κ3) is 3.93. The molecule has 0 atom stereocenters. The summed E-state index contributed by atoms with van der Waals surface area (Å²) in [5, 5.41) is 0.162. The average molecular weight is 226 g/mol. The third-order valence-electron chi connectivity index (χ3n) is 1.36. The van der Waals surface area contributed by atoms with Crippen molar-refractivity contribution in [3.05, 3.63) is 29.0 Å². The maximum Gasteiger partial charge on any atom is 0.411 e. The number of ether oxygens (including phenoxy) is 1. The van der Waals surface area contributed by atoms with Crippen LogP contribution in [0.1, 0.15) is 5.56 Å². The van der Waals surface area contributed by atoms with Gasteiger partial charge in [0.05, 0.1) is 6.61 Å². The molecule has 0 saturated carbocycles. The molecule has 2 nitrogen and oxygen atoms in total. The maximum absolute atomic E-state index is 11.7. The first-order chi connectivity index (χ1) is 6.49. The first-order valence-corrected chi connectivity index (χ1v) is 4.11. The van der Waals surface area contributed by atoms with Gasteiger partial charge in [-0.25, -0.2) is 4.98 Å². The van der Waals surface area contributed by atoms with Crippen molar-refractivity contribution in [3.63, 3.8) is 0 Å². The molecule has 78 valence electrons. The second-order valence-corrected chi connectivity index (χ2v) is 2.92. The highest BCUT2D eigenvalue weighted by Crippen LogP contribution is 2.17. The molecular formula is C8H7ClF3NO. The highest BCUT2D eigenvalue weighted by atomic mass is 35.5. The highest BCUT2D eigenvalue weighted by molar-refractivity contribution is 6.30. The predicted octanol–water partition coefficient (Wildman–Crippen LogP) is 2.81. The van der Waals surface area contributed by atoms with Crippen LogP contribution in [-0.4, -0.2) is 17.8 Å². The number of hydrogen-bond acceptors (Lipinski definition) is 2. The average Bonchev–Trinajstić information content (AvgIpc) is 2.06. The van der Waals surface area contributed by atoms with Crippen LogP contribution in [0.15, 0.2) is 18.3 Å². The first-order valence-electron chi connectivity index (χ1n) is 3.73. The molecule has 1 aromatic rings. The minimum absolute atomic E-state index is 0.162. The Morgan fingerprint density at radius 3 is 2.71 bits per heavy atom. The van der Waals surface area contributed by atoms with E-state index >= 15 is 0 Å². The van der Waals surface area contributed by atoms with E-state index in [0.717, 1.165) is 0 Å². The number of hydrogen-bond donors (Lipinski definition) is 0. The number of halogens is 4. The van der Waals surface area contributed by atoms with Crippen LogP contribution >= 0.6 is 11.6 Å². The SMILES string of the molecule is FC(F)(F)COCc1cccnc1Cl. The largest absolute Gasteiger partial charge is 0.411 e. The van der Waals surface area contributed by atoms with Crippen LogP contribution in [0.25, 0.3) is 0 Å². The molecule has 0 spiro atoms. The normalized spacial score (nSPS) is 11.7. The zero-order valence-corrected chi connectivity index (χ0v) is 7.77. The molecule has 0 aliphatic rings. The predicted molar refractivity (Wildman–Crippen MR) is 45.0 cm³/mol. The van der Waals surface area contributed by atoms with Gasteiger partial charge in [-0.2, -0.15) is 13.2 Å². The number of alkyl halides is 3. The van der Waals surface area contributed by atoms with E-state index in [1.54, 1.807) is 12.1 Å². The van der Waals surface area contributed by atoms with Gasteiger partial charge in [0.25, 0.3) is 0 Å². The zero-order chi connectivity index (χ0) is 10.6. The van der Waals surface area contributed by atoms with Crippen molar-refractivity contribution in [2.45, 2.75) is 12.8 Å². The van der Waals surface area contributed by atoms with E-state index in [9.17, 15) is 13.2 Å². The van der Waals surface area contributed by atoms with E-state index in [4.69, 9.17) is 11.6 Å². The van der Waals surface area contributed by atoms with Gasteiger partial charge in [0.15, 0.2) is 0 Å². The first kappa shape index (κ1) is 11.3. The van der Waals surface area contributed by atoms with Gasteiger partial charge in [-0.05, 0) is 6.07 Å². The van der Waals surface area contributed by atoms with E-state index in [-0.39, 0.29) is 11.8 Å². The van der Waals surface area contributed by atoms with Crippen LogP contribution in [0.3, 0.4) is 0 Å². The smallest absolute Gasteiger partial charge is 0.367 e. The summed E-state index contributed by atoms with van der Waals surface area (Å²) in [4.78, 5) is 3.70. The Morgan fingerprint density at radius 2 is 2.14 bits per heavy atom. The fourth-order valence-electron chi connectivity index (χ4n) is 0.804. The van der Waals surface area contributed by atoms with Gasteiger partial charge >= 0.3 is 6.18 Å². The molecule has 0 amide bonds. The summed E-state index contributed by atoms with van der Waals surface area (Å²) < 4.78 is 39.5. The molecular weight excluding hydrogens is 219 g/mol. The fourth-order valence-corrected chi connectivity index (χ4v) is 0.978. The van der Waals surface area contributed by atoms with Crippen molar-refractivity contribution >= 4 is 11.6 Å². The van der Waals surface area contributed by atoms with Gasteiger partial charge in [0.1, 0.15) is 11.8 Å². The van der Waals surface area contributed by atoms with Crippen LogP contribution in [-0.2, 0) is 11.3 Å². The Bertz CT molecular complexity index is 303. The molecule has 0 aliphatic carbocycles. The molecule has 0 radical (unpaired) electrons. The van der Waals surface area contributed by atoms with Crippen molar-refractivity contribution in [3.8, 4) is 0 Å². The van der Waals surface area contributed by atoms with E-state index in [2.05, 4.69) is 9.72 Å². The van der Waals surface area contributed by atoms with Crippen molar-refractivity contribution in [2.24, 2.45) is 0 Å². The Hall–Kier alpha value is -0.810. The van der Waals surface area contributed by atoms with Crippen LogP contribution in [0.5, 0.6) is 0 Å². The Labute approximate surface area is 83.7 Å². The van der Waals surface area contributed by atoms with Gasteiger partial charge in [-0.3, -0.25) is 0 Å². The molecule has 0 N–H and O–H groups in total. The van der Waals surface area contributed by atoms with Crippen LogP contribution < -0.4 is 0 Å². The molecule has 0 aromatic carbocycles. The molecule has 1 aromatic heterocycles. The summed E-state index contributed by atoms with van der Waals surface area (Å²) in [6.45, 7) is -1.47. The lowest BCUT2D eigenvalue weighted by Crippen LogP contribution is -2.16. The molecule has 1 heterocycles. The van der Waals surface area contributed by atoms with Crippen molar-refractivity contribution < 1.29 is 17.9 Å². The zero-order valence-electron chi connectivity index (χ0n) is 7.01. The van der Waals surface area contributed by atoms with Crippen molar-refractivity contribution in [1.29, 1.82) is 0 Å². The number of rotatable bonds is 3. The molecule has 0 aliphatic heterocycles.